The Hall–Kier alpha value is -2.09. The van der Waals surface area contributed by atoms with E-state index in [1.54, 1.807) is 0 Å². The standard InChI is InChI=1S/C17H23N3O4S/c18-17(22)12-8-9-15(14(10-12)20(23)24)25-11-16(21)19-13-6-4-2-1-3-5-7-13/h8-10,13H,1-7,11H2,(H2,18,22)(H,19,21). The van der Waals surface area contributed by atoms with Crippen LogP contribution in [0, 0.1) is 10.1 Å². The summed E-state index contributed by atoms with van der Waals surface area (Å²) in [6.07, 6.45) is 7.91. The van der Waals surface area contributed by atoms with Gasteiger partial charge in [-0.25, -0.2) is 0 Å². The second-order valence-electron chi connectivity index (χ2n) is 6.20. The Kier molecular flexibility index (Phi) is 7.24. The first-order valence-corrected chi connectivity index (χ1v) is 9.46. The average molecular weight is 365 g/mol. The van der Waals surface area contributed by atoms with Crippen LogP contribution in [-0.2, 0) is 4.79 Å². The number of rotatable bonds is 6. The Morgan fingerprint density at radius 3 is 2.44 bits per heavy atom. The molecular formula is C17H23N3O4S. The molecule has 1 aromatic carbocycles. The molecule has 0 saturated heterocycles. The van der Waals surface area contributed by atoms with E-state index in [1.165, 1.54) is 31.4 Å². The van der Waals surface area contributed by atoms with E-state index < -0.39 is 10.8 Å². The van der Waals surface area contributed by atoms with E-state index in [-0.39, 0.29) is 29.0 Å². The zero-order valence-corrected chi connectivity index (χ0v) is 14.8. The molecule has 0 radical (unpaired) electrons. The maximum absolute atomic E-state index is 12.2. The maximum atomic E-state index is 12.2. The third-order valence-corrected chi connectivity index (χ3v) is 5.33. The number of nitro benzene ring substituents is 1. The van der Waals surface area contributed by atoms with E-state index in [2.05, 4.69) is 5.32 Å². The summed E-state index contributed by atoms with van der Waals surface area (Å²) in [6.45, 7) is 0. The summed E-state index contributed by atoms with van der Waals surface area (Å²) < 4.78 is 0. The molecule has 0 spiro atoms. The van der Waals surface area contributed by atoms with Gasteiger partial charge < -0.3 is 11.1 Å². The SMILES string of the molecule is NC(=O)c1ccc(SCC(=O)NC2CCCCCCC2)c([N+](=O)[O-])c1. The van der Waals surface area contributed by atoms with Crippen molar-refractivity contribution >= 4 is 29.3 Å². The number of amides is 2. The molecule has 0 unspecified atom stereocenters. The fourth-order valence-corrected chi connectivity index (χ4v) is 3.76. The molecule has 2 amide bonds. The first-order chi connectivity index (χ1) is 12.0. The largest absolute Gasteiger partial charge is 0.366 e. The van der Waals surface area contributed by atoms with Crippen molar-refractivity contribution in [2.24, 2.45) is 5.73 Å². The zero-order valence-electron chi connectivity index (χ0n) is 14.0. The minimum Gasteiger partial charge on any atom is -0.366 e. The highest BCUT2D eigenvalue weighted by molar-refractivity contribution is 8.00. The van der Waals surface area contributed by atoms with Gasteiger partial charge in [0.15, 0.2) is 0 Å². The van der Waals surface area contributed by atoms with Crippen LogP contribution in [0.3, 0.4) is 0 Å². The molecule has 7 nitrogen and oxygen atoms in total. The monoisotopic (exact) mass is 365 g/mol. The molecule has 1 saturated carbocycles. The lowest BCUT2D eigenvalue weighted by Crippen LogP contribution is -2.36. The van der Waals surface area contributed by atoms with Gasteiger partial charge in [0.2, 0.25) is 11.8 Å². The molecule has 136 valence electrons. The number of carbonyl (C=O) groups excluding carboxylic acids is 2. The number of nitro groups is 1. The van der Waals surface area contributed by atoms with Gasteiger partial charge in [0.1, 0.15) is 0 Å². The molecule has 1 aliphatic carbocycles. The van der Waals surface area contributed by atoms with Crippen molar-refractivity contribution in [1.29, 1.82) is 0 Å². The average Bonchev–Trinajstić information content (AvgIpc) is 2.55. The first kappa shape index (κ1) is 19.2. The Bertz CT molecular complexity index is 643. The number of nitrogens with zero attached hydrogens (tertiary/aromatic N) is 1. The van der Waals surface area contributed by atoms with Crippen molar-refractivity contribution in [3.05, 3.63) is 33.9 Å². The first-order valence-electron chi connectivity index (χ1n) is 8.48. The molecule has 1 aliphatic rings. The van der Waals surface area contributed by atoms with Crippen molar-refractivity contribution in [2.45, 2.75) is 55.9 Å². The fourth-order valence-electron chi connectivity index (χ4n) is 2.95. The lowest BCUT2D eigenvalue weighted by atomic mass is 9.97. The summed E-state index contributed by atoms with van der Waals surface area (Å²) in [5, 5.41) is 14.2. The molecule has 0 aromatic heterocycles. The summed E-state index contributed by atoms with van der Waals surface area (Å²) in [4.78, 5) is 34.3. The highest BCUT2D eigenvalue weighted by Crippen LogP contribution is 2.30. The zero-order chi connectivity index (χ0) is 18.2. The summed E-state index contributed by atoms with van der Waals surface area (Å²) in [7, 11) is 0. The highest BCUT2D eigenvalue weighted by Gasteiger charge is 2.19. The van der Waals surface area contributed by atoms with Crippen molar-refractivity contribution in [3.63, 3.8) is 0 Å². The van der Waals surface area contributed by atoms with Crippen molar-refractivity contribution in [3.8, 4) is 0 Å². The normalized spacial score (nSPS) is 15.8. The van der Waals surface area contributed by atoms with Crippen LogP contribution in [-0.4, -0.2) is 28.5 Å². The van der Waals surface area contributed by atoms with E-state index in [0.29, 0.717) is 4.90 Å². The van der Waals surface area contributed by atoms with Gasteiger partial charge in [0.25, 0.3) is 5.69 Å². The number of carbonyl (C=O) groups is 2. The van der Waals surface area contributed by atoms with Gasteiger partial charge in [0.05, 0.1) is 15.6 Å². The number of thioether (sulfide) groups is 1. The molecule has 0 bridgehead atoms. The minimum absolute atomic E-state index is 0.0787. The molecule has 1 fully saturated rings. The molecule has 8 heteroatoms. The predicted octanol–water partition coefficient (Wildman–Crippen LogP) is 3.01. The lowest BCUT2D eigenvalue weighted by molar-refractivity contribution is -0.387. The number of hydrogen-bond donors (Lipinski definition) is 2. The summed E-state index contributed by atoms with van der Waals surface area (Å²) in [5.41, 5.74) is 5.02. The van der Waals surface area contributed by atoms with E-state index in [0.717, 1.165) is 43.5 Å². The van der Waals surface area contributed by atoms with Gasteiger partial charge in [-0.05, 0) is 25.0 Å². The summed E-state index contributed by atoms with van der Waals surface area (Å²) in [6, 6.07) is 4.24. The van der Waals surface area contributed by atoms with Crippen LogP contribution < -0.4 is 11.1 Å². The van der Waals surface area contributed by atoms with Crippen LogP contribution in [0.4, 0.5) is 5.69 Å². The van der Waals surface area contributed by atoms with Crippen LogP contribution in [0.5, 0.6) is 0 Å². The molecule has 0 heterocycles. The smallest absolute Gasteiger partial charge is 0.283 e. The number of hydrogen-bond acceptors (Lipinski definition) is 5. The van der Waals surface area contributed by atoms with Crippen LogP contribution in [0.1, 0.15) is 55.3 Å². The van der Waals surface area contributed by atoms with Gasteiger partial charge in [-0.3, -0.25) is 19.7 Å². The second kappa shape index (κ2) is 9.41. The highest BCUT2D eigenvalue weighted by atomic mass is 32.2. The minimum atomic E-state index is -0.721. The molecule has 0 atom stereocenters. The Labute approximate surface area is 150 Å². The summed E-state index contributed by atoms with van der Waals surface area (Å²) >= 11 is 1.10. The van der Waals surface area contributed by atoms with E-state index in [4.69, 9.17) is 5.73 Å². The van der Waals surface area contributed by atoms with E-state index in [9.17, 15) is 19.7 Å². The van der Waals surface area contributed by atoms with Crippen LogP contribution >= 0.6 is 11.8 Å². The van der Waals surface area contributed by atoms with Gasteiger partial charge >= 0.3 is 0 Å². The van der Waals surface area contributed by atoms with Gasteiger partial charge in [-0.1, -0.05) is 32.1 Å². The Morgan fingerprint density at radius 1 is 1.20 bits per heavy atom. The van der Waals surface area contributed by atoms with Crippen LogP contribution in [0.25, 0.3) is 0 Å². The lowest BCUT2D eigenvalue weighted by Gasteiger charge is -2.20. The maximum Gasteiger partial charge on any atom is 0.283 e. The van der Waals surface area contributed by atoms with Gasteiger partial charge in [-0.2, -0.15) is 0 Å². The molecular weight excluding hydrogens is 342 g/mol. The molecule has 25 heavy (non-hydrogen) atoms. The van der Waals surface area contributed by atoms with Crippen LogP contribution in [0.15, 0.2) is 23.1 Å². The number of benzene rings is 1. The second-order valence-corrected chi connectivity index (χ2v) is 7.22. The van der Waals surface area contributed by atoms with Crippen molar-refractivity contribution in [1.82, 2.24) is 5.32 Å². The third-order valence-electron chi connectivity index (χ3n) is 4.27. The third kappa shape index (κ3) is 6.04. The summed E-state index contributed by atoms with van der Waals surface area (Å²) in [5.74, 6) is -0.738. The fraction of sp³-hybridized carbons (Fsp3) is 0.529. The van der Waals surface area contributed by atoms with E-state index >= 15 is 0 Å². The van der Waals surface area contributed by atoms with E-state index in [1.807, 2.05) is 0 Å². The topological polar surface area (TPSA) is 115 Å². The predicted molar refractivity (Wildman–Crippen MR) is 96.6 cm³/mol. The Morgan fingerprint density at radius 2 is 1.84 bits per heavy atom. The number of primary amides is 1. The molecule has 0 aliphatic heterocycles. The molecule has 2 rings (SSSR count). The Balaban J connectivity index is 1.94. The van der Waals surface area contributed by atoms with Crippen LogP contribution in [0.2, 0.25) is 0 Å². The van der Waals surface area contributed by atoms with Gasteiger partial charge in [-0.15, -0.1) is 11.8 Å². The van der Waals surface area contributed by atoms with Crippen molar-refractivity contribution in [2.75, 3.05) is 5.75 Å². The molecule has 3 N–H and O–H groups in total. The van der Waals surface area contributed by atoms with Gasteiger partial charge in [0, 0.05) is 17.7 Å². The quantitative estimate of drug-likeness (QED) is 0.457. The number of nitrogens with one attached hydrogen (secondary N) is 1. The molecule has 1 aromatic rings. The number of nitrogens with two attached hydrogens (primary N) is 1. The van der Waals surface area contributed by atoms with Crippen molar-refractivity contribution < 1.29 is 14.5 Å².